The van der Waals surface area contributed by atoms with E-state index in [1.807, 2.05) is 29.3 Å². The van der Waals surface area contributed by atoms with Crippen molar-refractivity contribution in [1.82, 2.24) is 9.47 Å². The van der Waals surface area contributed by atoms with Crippen molar-refractivity contribution in [2.24, 2.45) is 5.92 Å². The molecular weight excluding hydrogens is 328 g/mol. The number of fused-ring (bicyclic) bond motifs is 2. The van der Waals surface area contributed by atoms with Crippen molar-refractivity contribution < 1.29 is 14.6 Å². The molecular formula is C21H28N2O3. The number of piperidine rings is 1. The fourth-order valence-electron chi connectivity index (χ4n) is 4.67. The Kier molecular flexibility index (Phi) is 4.65. The summed E-state index contributed by atoms with van der Waals surface area (Å²) in [6.07, 6.45) is 7.51. The lowest BCUT2D eigenvalue weighted by atomic mass is 9.71. The van der Waals surface area contributed by atoms with Gasteiger partial charge in [-0.25, -0.2) is 0 Å². The van der Waals surface area contributed by atoms with Gasteiger partial charge in [-0.2, -0.15) is 0 Å². The molecule has 1 saturated heterocycles. The molecule has 2 aliphatic rings. The predicted molar refractivity (Wildman–Crippen MR) is 101 cm³/mol. The van der Waals surface area contributed by atoms with Crippen LogP contribution in [0.4, 0.5) is 0 Å². The van der Waals surface area contributed by atoms with E-state index in [-0.39, 0.29) is 11.8 Å². The summed E-state index contributed by atoms with van der Waals surface area (Å²) < 4.78 is 7.40. The Balaban J connectivity index is 1.38. The average molecular weight is 356 g/mol. The second-order valence-corrected chi connectivity index (χ2v) is 7.82. The highest BCUT2D eigenvalue weighted by molar-refractivity contribution is 5.82. The maximum Gasteiger partial charge on any atom is 0.224 e. The van der Waals surface area contributed by atoms with Gasteiger partial charge in [0, 0.05) is 49.1 Å². The van der Waals surface area contributed by atoms with Crippen LogP contribution in [0.15, 0.2) is 30.5 Å². The van der Waals surface area contributed by atoms with E-state index >= 15 is 0 Å². The van der Waals surface area contributed by atoms with E-state index < -0.39 is 5.60 Å². The summed E-state index contributed by atoms with van der Waals surface area (Å²) in [5.74, 6) is 1.31. The summed E-state index contributed by atoms with van der Waals surface area (Å²) in [6, 6.07) is 8.07. The molecule has 1 N–H and O–H groups in total. The molecule has 4 rings (SSSR count). The highest BCUT2D eigenvalue weighted by Crippen LogP contribution is 2.39. The molecule has 0 radical (unpaired) electrons. The standard InChI is InChI=1S/C21H28N2O3/c1-26-18-5-6-19-16(14-18)7-11-22(19)12-8-20(24)23-13-10-21(25)9-3-2-4-17(21)15-23/h5-7,11,14,17,25H,2-4,8-10,12-13,15H2,1H3/t17-,21-/m0/s1. The molecule has 2 aromatic rings. The number of aliphatic hydroxyl groups is 1. The maximum absolute atomic E-state index is 12.7. The van der Waals surface area contributed by atoms with Crippen LogP contribution in [-0.2, 0) is 11.3 Å². The monoisotopic (exact) mass is 356 g/mol. The maximum atomic E-state index is 12.7. The second-order valence-electron chi connectivity index (χ2n) is 7.82. The molecule has 2 heterocycles. The molecule has 1 aromatic heterocycles. The Morgan fingerprint density at radius 1 is 1.31 bits per heavy atom. The zero-order chi connectivity index (χ0) is 18.1. The zero-order valence-electron chi connectivity index (χ0n) is 15.5. The molecule has 5 heteroatoms. The molecule has 26 heavy (non-hydrogen) atoms. The molecule has 0 bridgehead atoms. The number of amides is 1. The number of aromatic nitrogens is 1. The number of ether oxygens (including phenoxy) is 1. The van der Waals surface area contributed by atoms with Gasteiger partial charge in [0.25, 0.3) is 0 Å². The van der Waals surface area contributed by atoms with Crippen LogP contribution >= 0.6 is 0 Å². The number of hydrogen-bond acceptors (Lipinski definition) is 3. The number of carbonyl (C=O) groups is 1. The third-order valence-corrected chi connectivity index (χ3v) is 6.33. The van der Waals surface area contributed by atoms with Gasteiger partial charge in [-0.05, 0) is 43.5 Å². The van der Waals surface area contributed by atoms with Crippen molar-refractivity contribution in [3.8, 4) is 5.75 Å². The summed E-state index contributed by atoms with van der Waals surface area (Å²) in [6.45, 7) is 2.09. The number of carbonyl (C=O) groups excluding carboxylic acids is 1. The molecule has 1 amide bonds. The SMILES string of the molecule is COc1ccc2c(ccn2CCC(=O)N2CC[C@@]3(O)CCCC[C@H]3C2)c1. The first kappa shape index (κ1) is 17.4. The molecule has 1 aliphatic carbocycles. The van der Waals surface area contributed by atoms with Crippen LogP contribution in [0.2, 0.25) is 0 Å². The highest BCUT2D eigenvalue weighted by atomic mass is 16.5. The van der Waals surface area contributed by atoms with Crippen LogP contribution in [0.25, 0.3) is 10.9 Å². The van der Waals surface area contributed by atoms with Crippen molar-refractivity contribution in [2.45, 2.75) is 50.7 Å². The lowest BCUT2D eigenvalue weighted by molar-refractivity contribution is -0.143. The number of nitrogens with zero attached hydrogens (tertiary/aromatic N) is 2. The highest BCUT2D eigenvalue weighted by Gasteiger charge is 2.43. The fourth-order valence-corrected chi connectivity index (χ4v) is 4.67. The van der Waals surface area contributed by atoms with Crippen LogP contribution in [-0.4, -0.2) is 46.3 Å². The Labute approximate surface area is 154 Å². The third-order valence-electron chi connectivity index (χ3n) is 6.33. The Hall–Kier alpha value is -2.01. The normalized spacial score (nSPS) is 25.9. The van der Waals surface area contributed by atoms with Crippen molar-refractivity contribution in [1.29, 1.82) is 0 Å². The minimum Gasteiger partial charge on any atom is -0.497 e. The molecule has 1 aromatic carbocycles. The van der Waals surface area contributed by atoms with Gasteiger partial charge in [0.2, 0.25) is 5.91 Å². The molecule has 1 saturated carbocycles. The van der Waals surface area contributed by atoms with E-state index in [0.29, 0.717) is 19.5 Å². The van der Waals surface area contributed by atoms with Gasteiger partial charge in [-0.1, -0.05) is 12.8 Å². The summed E-state index contributed by atoms with van der Waals surface area (Å²) >= 11 is 0. The quantitative estimate of drug-likeness (QED) is 0.915. The van der Waals surface area contributed by atoms with Crippen LogP contribution < -0.4 is 4.74 Å². The van der Waals surface area contributed by atoms with E-state index in [9.17, 15) is 9.90 Å². The number of rotatable bonds is 4. The molecule has 2 fully saturated rings. The lowest BCUT2D eigenvalue weighted by Gasteiger charge is -2.47. The topological polar surface area (TPSA) is 54.7 Å². The first-order valence-electron chi connectivity index (χ1n) is 9.72. The fraction of sp³-hybridized carbons (Fsp3) is 0.571. The van der Waals surface area contributed by atoms with Crippen molar-refractivity contribution in [3.63, 3.8) is 0 Å². The number of hydrogen-bond donors (Lipinski definition) is 1. The Morgan fingerprint density at radius 2 is 2.19 bits per heavy atom. The first-order chi connectivity index (χ1) is 12.6. The molecule has 0 spiro atoms. The van der Waals surface area contributed by atoms with Gasteiger partial charge in [-0.15, -0.1) is 0 Å². The minimum absolute atomic E-state index is 0.202. The summed E-state index contributed by atoms with van der Waals surface area (Å²) in [5.41, 5.74) is 0.601. The van der Waals surface area contributed by atoms with Gasteiger partial charge in [0.15, 0.2) is 0 Å². The van der Waals surface area contributed by atoms with Crippen LogP contribution in [0, 0.1) is 5.92 Å². The van der Waals surface area contributed by atoms with E-state index in [1.165, 1.54) is 6.42 Å². The predicted octanol–water partition coefficient (Wildman–Crippen LogP) is 3.19. The van der Waals surface area contributed by atoms with E-state index in [2.05, 4.69) is 10.6 Å². The lowest BCUT2D eigenvalue weighted by Crippen LogP contribution is -2.54. The first-order valence-corrected chi connectivity index (χ1v) is 9.72. The molecule has 2 atom stereocenters. The summed E-state index contributed by atoms with van der Waals surface area (Å²) in [5, 5.41) is 11.9. The van der Waals surface area contributed by atoms with Gasteiger partial charge < -0.3 is 19.3 Å². The smallest absolute Gasteiger partial charge is 0.224 e. The summed E-state index contributed by atoms with van der Waals surface area (Å²) in [7, 11) is 1.67. The molecule has 1 aliphatic heterocycles. The summed E-state index contributed by atoms with van der Waals surface area (Å²) in [4.78, 5) is 14.7. The van der Waals surface area contributed by atoms with Crippen molar-refractivity contribution >= 4 is 16.8 Å². The second kappa shape index (κ2) is 6.95. The molecule has 0 unspecified atom stereocenters. The van der Waals surface area contributed by atoms with Gasteiger partial charge >= 0.3 is 0 Å². The molecule has 140 valence electrons. The third kappa shape index (κ3) is 3.20. The van der Waals surface area contributed by atoms with Crippen molar-refractivity contribution in [3.05, 3.63) is 30.5 Å². The van der Waals surface area contributed by atoms with Crippen LogP contribution in [0.3, 0.4) is 0 Å². The van der Waals surface area contributed by atoms with E-state index in [4.69, 9.17) is 4.74 Å². The van der Waals surface area contributed by atoms with E-state index in [1.54, 1.807) is 7.11 Å². The average Bonchev–Trinajstić information content (AvgIpc) is 3.07. The Morgan fingerprint density at radius 3 is 3.04 bits per heavy atom. The number of aryl methyl sites for hydroxylation is 1. The largest absolute Gasteiger partial charge is 0.497 e. The minimum atomic E-state index is -0.523. The number of benzene rings is 1. The van der Waals surface area contributed by atoms with Gasteiger partial charge in [-0.3, -0.25) is 4.79 Å². The zero-order valence-corrected chi connectivity index (χ0v) is 15.5. The number of likely N-dealkylation sites (tertiary alicyclic amines) is 1. The van der Waals surface area contributed by atoms with Crippen LogP contribution in [0.1, 0.15) is 38.5 Å². The Bertz CT molecular complexity index is 800. The van der Waals surface area contributed by atoms with Crippen LogP contribution in [0.5, 0.6) is 5.75 Å². The van der Waals surface area contributed by atoms with E-state index in [0.717, 1.165) is 48.9 Å². The van der Waals surface area contributed by atoms with Gasteiger partial charge in [0.1, 0.15) is 5.75 Å². The van der Waals surface area contributed by atoms with Crippen molar-refractivity contribution in [2.75, 3.05) is 20.2 Å². The molecule has 5 nitrogen and oxygen atoms in total. The van der Waals surface area contributed by atoms with Gasteiger partial charge in [0.05, 0.1) is 12.7 Å². The number of methoxy groups -OCH3 is 1.